The Balaban J connectivity index is 2.61. The molecule has 0 saturated heterocycles. The Morgan fingerprint density at radius 1 is 1.60 bits per heavy atom. The molecule has 0 aliphatic rings. The molecule has 1 rings (SSSR count). The maximum Gasteiger partial charge on any atom is 0.251 e. The summed E-state index contributed by atoms with van der Waals surface area (Å²) in [7, 11) is 1.61. The minimum absolute atomic E-state index is 0.00562. The minimum Gasteiger partial charge on any atom is -0.383 e. The third-order valence-corrected chi connectivity index (χ3v) is 2.18. The average molecular weight is 225 g/mol. The number of carbonyl (C=O) groups excluding carboxylic acids is 1. The summed E-state index contributed by atoms with van der Waals surface area (Å²) in [4.78, 5) is 12.5. The largest absolute Gasteiger partial charge is 0.383 e. The van der Waals surface area contributed by atoms with Crippen LogP contribution >= 0.6 is 12.6 Å². The summed E-state index contributed by atoms with van der Waals surface area (Å²) in [5.41, 5.74) is 0.616. The fraction of sp³-hybridized carbons (Fsp3) is 0.364. The second-order valence-corrected chi connectivity index (χ2v) is 3.90. The molecule has 1 N–H and O–H groups in total. The number of rotatable bonds is 4. The molecule has 4 heteroatoms. The molecule has 1 atom stereocenters. The highest BCUT2D eigenvalue weighted by molar-refractivity contribution is 7.80. The zero-order valence-corrected chi connectivity index (χ0v) is 9.75. The molecule has 0 spiro atoms. The van der Waals surface area contributed by atoms with Crippen molar-refractivity contribution in [1.29, 1.82) is 0 Å². The zero-order valence-electron chi connectivity index (χ0n) is 8.86. The zero-order chi connectivity index (χ0) is 11.3. The number of amides is 1. The molecule has 1 amide bonds. The number of nitrogens with one attached hydrogen (secondary N) is 1. The van der Waals surface area contributed by atoms with Gasteiger partial charge in [0.1, 0.15) is 0 Å². The van der Waals surface area contributed by atoms with E-state index in [1.807, 2.05) is 13.0 Å². The third-order valence-electron chi connectivity index (χ3n) is 1.90. The van der Waals surface area contributed by atoms with E-state index in [0.717, 1.165) is 4.90 Å². The van der Waals surface area contributed by atoms with Gasteiger partial charge in [0.2, 0.25) is 0 Å². The van der Waals surface area contributed by atoms with Crippen molar-refractivity contribution in [2.24, 2.45) is 0 Å². The van der Waals surface area contributed by atoms with Gasteiger partial charge in [0, 0.05) is 23.6 Å². The molecule has 0 aliphatic heterocycles. The molecule has 0 bridgehead atoms. The van der Waals surface area contributed by atoms with Crippen molar-refractivity contribution >= 4 is 18.5 Å². The predicted octanol–water partition coefficient (Wildman–Crippen LogP) is 1.74. The van der Waals surface area contributed by atoms with Gasteiger partial charge in [-0.15, -0.1) is 12.6 Å². The van der Waals surface area contributed by atoms with Crippen molar-refractivity contribution in [3.63, 3.8) is 0 Å². The van der Waals surface area contributed by atoms with Crippen LogP contribution in [0.4, 0.5) is 0 Å². The number of hydrogen-bond donors (Lipinski definition) is 2. The van der Waals surface area contributed by atoms with Crippen LogP contribution in [-0.2, 0) is 4.74 Å². The Morgan fingerprint density at radius 3 is 2.93 bits per heavy atom. The van der Waals surface area contributed by atoms with Crippen molar-refractivity contribution in [1.82, 2.24) is 5.32 Å². The molecule has 0 radical (unpaired) electrons. The van der Waals surface area contributed by atoms with Gasteiger partial charge in [0.25, 0.3) is 5.91 Å². The minimum atomic E-state index is -0.101. The van der Waals surface area contributed by atoms with Crippen molar-refractivity contribution < 1.29 is 9.53 Å². The lowest BCUT2D eigenvalue weighted by Gasteiger charge is -2.12. The monoisotopic (exact) mass is 225 g/mol. The van der Waals surface area contributed by atoms with E-state index in [1.165, 1.54) is 0 Å². The van der Waals surface area contributed by atoms with E-state index in [9.17, 15) is 4.79 Å². The number of methoxy groups -OCH3 is 1. The molecule has 1 unspecified atom stereocenters. The summed E-state index contributed by atoms with van der Waals surface area (Å²) in [5, 5.41) is 2.83. The SMILES string of the molecule is COCC(C)NC(=O)c1cccc(S)c1. The van der Waals surface area contributed by atoms with Crippen LogP contribution < -0.4 is 5.32 Å². The van der Waals surface area contributed by atoms with Crippen molar-refractivity contribution in [2.45, 2.75) is 17.9 Å². The predicted molar refractivity (Wildman–Crippen MR) is 62.5 cm³/mol. The molecule has 3 nitrogen and oxygen atoms in total. The summed E-state index contributed by atoms with van der Waals surface area (Å²) in [6.45, 7) is 2.40. The molecule has 0 heterocycles. The summed E-state index contributed by atoms with van der Waals surface area (Å²) in [6, 6.07) is 7.13. The van der Waals surface area contributed by atoms with Crippen LogP contribution in [0.5, 0.6) is 0 Å². The number of benzene rings is 1. The summed E-state index contributed by atoms with van der Waals surface area (Å²) in [5.74, 6) is -0.101. The van der Waals surface area contributed by atoms with Gasteiger partial charge in [0.05, 0.1) is 6.61 Å². The molecule has 82 valence electrons. The van der Waals surface area contributed by atoms with Crippen LogP contribution in [0.2, 0.25) is 0 Å². The second-order valence-electron chi connectivity index (χ2n) is 3.38. The first kappa shape index (κ1) is 12.1. The molecule has 1 aromatic carbocycles. The van der Waals surface area contributed by atoms with Crippen LogP contribution in [0.1, 0.15) is 17.3 Å². The van der Waals surface area contributed by atoms with E-state index in [4.69, 9.17) is 4.74 Å². The topological polar surface area (TPSA) is 38.3 Å². The normalized spacial score (nSPS) is 12.2. The average Bonchev–Trinajstić information content (AvgIpc) is 2.18. The smallest absolute Gasteiger partial charge is 0.251 e. The second kappa shape index (κ2) is 5.78. The van der Waals surface area contributed by atoms with Crippen LogP contribution in [-0.4, -0.2) is 25.7 Å². The number of hydrogen-bond acceptors (Lipinski definition) is 3. The van der Waals surface area contributed by atoms with Crippen molar-refractivity contribution in [2.75, 3.05) is 13.7 Å². The van der Waals surface area contributed by atoms with Crippen LogP contribution in [0, 0.1) is 0 Å². The Labute approximate surface area is 95.2 Å². The first-order valence-electron chi connectivity index (χ1n) is 4.72. The van der Waals surface area contributed by atoms with Gasteiger partial charge in [-0.3, -0.25) is 4.79 Å². The number of ether oxygens (including phenoxy) is 1. The van der Waals surface area contributed by atoms with Gasteiger partial charge in [-0.2, -0.15) is 0 Å². The van der Waals surface area contributed by atoms with Crippen molar-refractivity contribution in [3.8, 4) is 0 Å². The maximum atomic E-state index is 11.7. The van der Waals surface area contributed by atoms with E-state index >= 15 is 0 Å². The number of thiol groups is 1. The maximum absolute atomic E-state index is 11.7. The van der Waals surface area contributed by atoms with E-state index in [-0.39, 0.29) is 11.9 Å². The Bertz CT molecular complexity index is 341. The van der Waals surface area contributed by atoms with E-state index < -0.39 is 0 Å². The summed E-state index contributed by atoms with van der Waals surface area (Å²) < 4.78 is 4.93. The van der Waals surface area contributed by atoms with Crippen LogP contribution in [0.15, 0.2) is 29.2 Å². The summed E-state index contributed by atoms with van der Waals surface area (Å²) >= 11 is 4.18. The van der Waals surface area contributed by atoms with Gasteiger partial charge in [-0.05, 0) is 25.1 Å². The fourth-order valence-electron chi connectivity index (χ4n) is 1.25. The van der Waals surface area contributed by atoms with Crippen LogP contribution in [0.3, 0.4) is 0 Å². The first-order valence-corrected chi connectivity index (χ1v) is 5.17. The molecular weight excluding hydrogens is 210 g/mol. The molecule has 0 aromatic heterocycles. The summed E-state index contributed by atoms with van der Waals surface area (Å²) in [6.07, 6.45) is 0. The highest BCUT2D eigenvalue weighted by atomic mass is 32.1. The van der Waals surface area contributed by atoms with E-state index in [1.54, 1.807) is 25.3 Å². The third kappa shape index (κ3) is 3.93. The van der Waals surface area contributed by atoms with Gasteiger partial charge < -0.3 is 10.1 Å². The Morgan fingerprint density at radius 2 is 2.33 bits per heavy atom. The van der Waals surface area contributed by atoms with E-state index in [2.05, 4.69) is 17.9 Å². The molecule has 0 aliphatic carbocycles. The highest BCUT2D eigenvalue weighted by Crippen LogP contribution is 2.08. The molecule has 0 saturated carbocycles. The lowest BCUT2D eigenvalue weighted by Crippen LogP contribution is -2.35. The quantitative estimate of drug-likeness (QED) is 0.766. The fourth-order valence-corrected chi connectivity index (χ4v) is 1.47. The lowest BCUT2D eigenvalue weighted by atomic mass is 10.2. The molecule has 1 aromatic rings. The molecule has 15 heavy (non-hydrogen) atoms. The molecule has 0 fully saturated rings. The standard InChI is InChI=1S/C11H15NO2S/c1-8(7-14-2)12-11(13)9-4-3-5-10(15)6-9/h3-6,8,15H,7H2,1-2H3,(H,12,13). The van der Waals surface area contributed by atoms with Crippen molar-refractivity contribution in [3.05, 3.63) is 29.8 Å². The highest BCUT2D eigenvalue weighted by Gasteiger charge is 2.08. The van der Waals surface area contributed by atoms with Gasteiger partial charge in [-0.25, -0.2) is 0 Å². The lowest BCUT2D eigenvalue weighted by molar-refractivity contribution is 0.0905. The first-order chi connectivity index (χ1) is 7.13. The van der Waals surface area contributed by atoms with Gasteiger partial charge in [-0.1, -0.05) is 6.07 Å². The Kier molecular flexibility index (Phi) is 4.65. The van der Waals surface area contributed by atoms with E-state index in [0.29, 0.717) is 12.2 Å². The van der Waals surface area contributed by atoms with Crippen LogP contribution in [0.25, 0.3) is 0 Å². The van der Waals surface area contributed by atoms with Gasteiger partial charge in [0.15, 0.2) is 0 Å². The number of carbonyl (C=O) groups is 1. The van der Waals surface area contributed by atoms with Gasteiger partial charge >= 0.3 is 0 Å². The Hall–Kier alpha value is -1.00. The molecular formula is C11H15NO2S.